The van der Waals surface area contributed by atoms with Crippen molar-refractivity contribution in [2.45, 2.75) is 6.92 Å². The first kappa shape index (κ1) is 11.9. The lowest BCUT2D eigenvalue weighted by Crippen LogP contribution is -1.91. The molecule has 3 heteroatoms. The number of hydrogen-bond donors (Lipinski definition) is 1. The number of phenols is 1. The van der Waals surface area contributed by atoms with E-state index in [-0.39, 0.29) is 11.5 Å². The Labute approximate surface area is 105 Å². The van der Waals surface area contributed by atoms with Crippen LogP contribution in [0.1, 0.15) is 22.8 Å². The van der Waals surface area contributed by atoms with Gasteiger partial charge >= 0.3 is 0 Å². The molecule has 0 amide bonds. The van der Waals surface area contributed by atoms with Crippen LogP contribution in [0.3, 0.4) is 0 Å². The van der Waals surface area contributed by atoms with Gasteiger partial charge in [0.05, 0.1) is 11.6 Å². The molecule has 2 aromatic carbocycles. The third-order valence-corrected chi connectivity index (χ3v) is 2.67. The fourth-order valence-corrected chi connectivity index (χ4v) is 1.74. The first-order valence-electron chi connectivity index (χ1n) is 5.45. The molecule has 88 valence electrons. The van der Waals surface area contributed by atoms with Gasteiger partial charge < -0.3 is 5.11 Å². The molecule has 0 aliphatic carbocycles. The molecule has 0 heterocycles. The number of ketones is 1. The quantitative estimate of drug-likeness (QED) is 0.816. The van der Waals surface area contributed by atoms with Gasteiger partial charge in [0, 0.05) is 5.56 Å². The van der Waals surface area contributed by atoms with Gasteiger partial charge in [-0.2, -0.15) is 5.26 Å². The summed E-state index contributed by atoms with van der Waals surface area (Å²) in [4.78, 5) is 11.2. The summed E-state index contributed by atoms with van der Waals surface area (Å²) in [7, 11) is 0. The molecule has 0 aliphatic heterocycles. The lowest BCUT2D eigenvalue weighted by atomic mass is 10.0. The first-order chi connectivity index (χ1) is 8.60. The van der Waals surface area contributed by atoms with Crippen LogP contribution in [0.25, 0.3) is 11.1 Å². The van der Waals surface area contributed by atoms with Crippen molar-refractivity contribution in [2.24, 2.45) is 0 Å². The number of carbonyl (C=O) groups excluding carboxylic acids is 1. The van der Waals surface area contributed by atoms with Crippen molar-refractivity contribution in [2.75, 3.05) is 0 Å². The van der Waals surface area contributed by atoms with Crippen LogP contribution in [0.2, 0.25) is 0 Å². The van der Waals surface area contributed by atoms with Gasteiger partial charge in [-0.15, -0.1) is 0 Å². The minimum absolute atomic E-state index is 0.00942. The summed E-state index contributed by atoms with van der Waals surface area (Å²) in [6, 6.07) is 13.7. The van der Waals surface area contributed by atoms with Gasteiger partial charge in [0.1, 0.15) is 5.75 Å². The van der Waals surface area contributed by atoms with Gasteiger partial charge in [0.2, 0.25) is 0 Å². The zero-order valence-electron chi connectivity index (χ0n) is 9.84. The van der Waals surface area contributed by atoms with Gasteiger partial charge in [0.15, 0.2) is 5.78 Å². The van der Waals surface area contributed by atoms with E-state index in [1.807, 2.05) is 6.07 Å². The summed E-state index contributed by atoms with van der Waals surface area (Å²) in [6.45, 7) is 1.51. The van der Waals surface area contributed by atoms with Gasteiger partial charge in [0.25, 0.3) is 0 Å². The van der Waals surface area contributed by atoms with Crippen LogP contribution in [0.4, 0.5) is 0 Å². The van der Waals surface area contributed by atoms with Crippen LogP contribution in [0.5, 0.6) is 5.75 Å². The Hall–Kier alpha value is -2.60. The second-order valence-electron chi connectivity index (χ2n) is 4.01. The average Bonchev–Trinajstić information content (AvgIpc) is 2.38. The van der Waals surface area contributed by atoms with Crippen LogP contribution in [0, 0.1) is 11.3 Å². The maximum absolute atomic E-state index is 11.2. The molecule has 0 aromatic heterocycles. The largest absolute Gasteiger partial charge is 0.508 e. The fourth-order valence-electron chi connectivity index (χ4n) is 1.74. The van der Waals surface area contributed by atoms with Gasteiger partial charge in [-0.3, -0.25) is 4.79 Å². The Kier molecular flexibility index (Phi) is 3.11. The number of phenolic OH excluding ortho intramolecular Hbond substituents is 1. The predicted octanol–water partition coefficient (Wildman–Crippen LogP) is 3.13. The van der Waals surface area contributed by atoms with E-state index in [0.717, 1.165) is 11.1 Å². The highest BCUT2D eigenvalue weighted by Gasteiger charge is 2.04. The molecule has 0 saturated heterocycles. The number of Topliss-reactive ketones (excluding diaryl/α,β-unsaturated/α-hetero) is 1. The Morgan fingerprint density at radius 2 is 1.78 bits per heavy atom. The van der Waals surface area contributed by atoms with E-state index in [1.165, 1.54) is 13.0 Å². The van der Waals surface area contributed by atoms with Crippen molar-refractivity contribution in [1.82, 2.24) is 0 Å². The van der Waals surface area contributed by atoms with Crippen LogP contribution in [-0.2, 0) is 0 Å². The maximum Gasteiger partial charge on any atom is 0.159 e. The van der Waals surface area contributed by atoms with E-state index >= 15 is 0 Å². The van der Waals surface area contributed by atoms with Crippen LogP contribution in [-0.4, -0.2) is 10.9 Å². The molecule has 0 fully saturated rings. The molecular formula is C15H11NO2. The Bertz CT molecular complexity index is 637. The van der Waals surface area contributed by atoms with Crippen LogP contribution in [0.15, 0.2) is 42.5 Å². The SMILES string of the molecule is CC(=O)c1ccc(-c2cc(O)cc(C#N)c2)cc1. The number of hydrogen-bond acceptors (Lipinski definition) is 3. The highest BCUT2D eigenvalue weighted by Crippen LogP contribution is 2.25. The Morgan fingerprint density at radius 3 is 2.33 bits per heavy atom. The molecule has 0 bridgehead atoms. The summed E-state index contributed by atoms with van der Waals surface area (Å²) in [5.41, 5.74) is 2.65. The number of benzene rings is 2. The summed E-state index contributed by atoms with van der Waals surface area (Å²) < 4.78 is 0. The lowest BCUT2D eigenvalue weighted by molar-refractivity contribution is 0.101. The second kappa shape index (κ2) is 4.72. The predicted molar refractivity (Wildman–Crippen MR) is 68.3 cm³/mol. The van der Waals surface area contributed by atoms with Crippen LogP contribution >= 0.6 is 0 Å². The normalized spacial score (nSPS) is 9.78. The van der Waals surface area contributed by atoms with Gasteiger partial charge in [-0.1, -0.05) is 24.3 Å². The minimum atomic E-state index is 0.00942. The summed E-state index contributed by atoms with van der Waals surface area (Å²) in [6.07, 6.45) is 0. The summed E-state index contributed by atoms with van der Waals surface area (Å²) in [5, 5.41) is 18.4. The van der Waals surface area contributed by atoms with E-state index in [2.05, 4.69) is 0 Å². The van der Waals surface area contributed by atoms with Crippen molar-refractivity contribution < 1.29 is 9.90 Å². The van der Waals surface area contributed by atoms with Crippen molar-refractivity contribution in [1.29, 1.82) is 5.26 Å². The molecule has 18 heavy (non-hydrogen) atoms. The van der Waals surface area contributed by atoms with E-state index < -0.39 is 0 Å². The highest BCUT2D eigenvalue weighted by molar-refractivity contribution is 5.94. The molecule has 0 unspecified atom stereocenters. The third kappa shape index (κ3) is 2.38. The van der Waals surface area contributed by atoms with E-state index in [0.29, 0.717) is 11.1 Å². The molecule has 0 aliphatic rings. The molecule has 0 atom stereocenters. The topological polar surface area (TPSA) is 61.1 Å². The molecule has 2 rings (SSSR count). The second-order valence-corrected chi connectivity index (χ2v) is 4.01. The number of nitriles is 1. The van der Waals surface area contributed by atoms with Gasteiger partial charge in [-0.25, -0.2) is 0 Å². The molecule has 1 N–H and O–H groups in total. The minimum Gasteiger partial charge on any atom is -0.508 e. The fraction of sp³-hybridized carbons (Fsp3) is 0.0667. The monoisotopic (exact) mass is 237 g/mol. The Morgan fingerprint density at radius 1 is 1.11 bits per heavy atom. The molecule has 2 aromatic rings. The number of carbonyl (C=O) groups is 1. The molecule has 0 spiro atoms. The van der Waals surface area contributed by atoms with Gasteiger partial charge in [-0.05, 0) is 36.2 Å². The maximum atomic E-state index is 11.2. The zero-order chi connectivity index (χ0) is 13.1. The van der Waals surface area contributed by atoms with Crippen molar-refractivity contribution in [3.63, 3.8) is 0 Å². The van der Waals surface area contributed by atoms with E-state index in [9.17, 15) is 9.90 Å². The molecule has 3 nitrogen and oxygen atoms in total. The lowest BCUT2D eigenvalue weighted by Gasteiger charge is -2.04. The highest BCUT2D eigenvalue weighted by atomic mass is 16.3. The van der Waals surface area contributed by atoms with E-state index in [1.54, 1.807) is 36.4 Å². The standard InChI is InChI=1S/C15H11NO2/c1-10(17)12-2-4-13(5-3-12)14-6-11(9-16)7-15(18)8-14/h2-8,18H,1H3. The summed E-state index contributed by atoms with van der Waals surface area (Å²) in [5.74, 6) is 0.0647. The number of nitrogens with zero attached hydrogens (tertiary/aromatic N) is 1. The third-order valence-electron chi connectivity index (χ3n) is 2.67. The van der Waals surface area contributed by atoms with E-state index in [4.69, 9.17) is 5.26 Å². The number of aromatic hydroxyl groups is 1. The molecule has 0 saturated carbocycles. The zero-order valence-corrected chi connectivity index (χ0v) is 9.84. The average molecular weight is 237 g/mol. The molecule has 0 radical (unpaired) electrons. The van der Waals surface area contributed by atoms with Crippen molar-refractivity contribution >= 4 is 5.78 Å². The Balaban J connectivity index is 2.46. The van der Waals surface area contributed by atoms with Crippen LogP contribution < -0.4 is 0 Å². The van der Waals surface area contributed by atoms with Crippen molar-refractivity contribution in [3.05, 3.63) is 53.6 Å². The smallest absolute Gasteiger partial charge is 0.159 e. The molecular weight excluding hydrogens is 226 g/mol. The first-order valence-corrected chi connectivity index (χ1v) is 5.45. The number of rotatable bonds is 2. The van der Waals surface area contributed by atoms with Crippen molar-refractivity contribution in [3.8, 4) is 22.9 Å². The summed E-state index contributed by atoms with van der Waals surface area (Å²) >= 11 is 0.